The topological polar surface area (TPSA) is 60.5 Å². The molecule has 0 N–H and O–H groups in total. The van der Waals surface area contributed by atoms with E-state index in [9.17, 15) is 4.79 Å². The first-order chi connectivity index (χ1) is 14.7. The number of likely N-dealkylation sites (tertiary alicyclic amines) is 1. The fourth-order valence-corrected chi connectivity index (χ4v) is 5.60. The summed E-state index contributed by atoms with van der Waals surface area (Å²) in [6.07, 6.45) is 4.08. The van der Waals surface area contributed by atoms with Crippen molar-refractivity contribution in [3.05, 3.63) is 23.8 Å². The number of carbonyl (C=O) groups excluding carboxylic acids is 1. The molecule has 0 radical (unpaired) electrons. The number of benzene rings is 1. The molecular weight excluding hydrogens is 384 g/mol. The Balaban J connectivity index is 1.31. The quantitative estimate of drug-likeness (QED) is 0.753. The Kier molecular flexibility index (Phi) is 5.60. The minimum absolute atomic E-state index is 0.0686. The van der Waals surface area contributed by atoms with Gasteiger partial charge in [-0.15, -0.1) is 0 Å². The molecule has 7 heteroatoms. The number of morpholine rings is 1. The largest absolute Gasteiger partial charge is 0.493 e. The lowest BCUT2D eigenvalue weighted by Crippen LogP contribution is -2.58. The molecule has 1 aromatic rings. The number of carbonyl (C=O) groups is 1. The molecule has 3 saturated heterocycles. The van der Waals surface area contributed by atoms with E-state index in [4.69, 9.17) is 18.9 Å². The van der Waals surface area contributed by atoms with Crippen LogP contribution in [0, 0.1) is 5.92 Å². The molecule has 5 rings (SSSR count). The highest BCUT2D eigenvalue weighted by Gasteiger charge is 2.53. The fraction of sp³-hybridized carbons (Fsp3) is 0.696. The van der Waals surface area contributed by atoms with E-state index in [2.05, 4.69) is 11.0 Å². The first-order valence-corrected chi connectivity index (χ1v) is 11.3. The fourth-order valence-electron chi connectivity index (χ4n) is 5.60. The number of amides is 1. The van der Waals surface area contributed by atoms with E-state index >= 15 is 0 Å². The van der Waals surface area contributed by atoms with Gasteiger partial charge in [-0.05, 0) is 18.9 Å². The molecule has 0 bridgehead atoms. The van der Waals surface area contributed by atoms with Gasteiger partial charge in [0.15, 0.2) is 11.5 Å². The number of fused-ring (bicyclic) bond motifs is 4. The van der Waals surface area contributed by atoms with Gasteiger partial charge in [-0.2, -0.15) is 0 Å². The third-order valence-corrected chi connectivity index (χ3v) is 7.26. The molecule has 3 fully saturated rings. The highest BCUT2D eigenvalue weighted by atomic mass is 16.5. The first kappa shape index (κ1) is 20.1. The highest BCUT2D eigenvalue weighted by Crippen LogP contribution is 2.55. The van der Waals surface area contributed by atoms with Crippen LogP contribution in [0.2, 0.25) is 0 Å². The maximum Gasteiger partial charge on any atom is 0.236 e. The molecule has 1 amide bonds. The van der Waals surface area contributed by atoms with E-state index in [1.54, 1.807) is 7.11 Å². The maximum atomic E-state index is 12.7. The number of hydrogen-bond acceptors (Lipinski definition) is 6. The van der Waals surface area contributed by atoms with Crippen molar-refractivity contribution in [3.63, 3.8) is 0 Å². The van der Waals surface area contributed by atoms with Crippen LogP contribution in [-0.2, 0) is 14.3 Å². The van der Waals surface area contributed by atoms with E-state index in [-0.39, 0.29) is 17.6 Å². The molecule has 4 aliphatic heterocycles. The highest BCUT2D eigenvalue weighted by molar-refractivity contribution is 5.78. The third-order valence-electron chi connectivity index (χ3n) is 7.26. The Morgan fingerprint density at radius 1 is 1.17 bits per heavy atom. The van der Waals surface area contributed by atoms with Crippen LogP contribution >= 0.6 is 0 Å². The van der Waals surface area contributed by atoms with Gasteiger partial charge < -0.3 is 23.8 Å². The summed E-state index contributed by atoms with van der Waals surface area (Å²) < 4.78 is 24.0. The summed E-state index contributed by atoms with van der Waals surface area (Å²) in [7, 11) is 1.69. The third kappa shape index (κ3) is 3.57. The first-order valence-electron chi connectivity index (χ1n) is 11.3. The van der Waals surface area contributed by atoms with Gasteiger partial charge in [-0.3, -0.25) is 9.69 Å². The molecular formula is C23H32N2O5. The summed E-state index contributed by atoms with van der Waals surface area (Å²) in [5, 5.41) is 0. The van der Waals surface area contributed by atoms with Gasteiger partial charge in [-0.25, -0.2) is 0 Å². The molecule has 4 heterocycles. The molecule has 0 aromatic heterocycles. The van der Waals surface area contributed by atoms with E-state index < -0.39 is 0 Å². The molecule has 4 aliphatic rings. The van der Waals surface area contributed by atoms with Gasteiger partial charge >= 0.3 is 0 Å². The number of rotatable bonds is 3. The van der Waals surface area contributed by atoms with Crippen molar-refractivity contribution in [1.29, 1.82) is 0 Å². The van der Waals surface area contributed by atoms with Crippen LogP contribution in [0.25, 0.3) is 0 Å². The Labute approximate surface area is 178 Å². The van der Waals surface area contributed by atoms with Gasteiger partial charge in [0.25, 0.3) is 0 Å². The summed E-state index contributed by atoms with van der Waals surface area (Å²) >= 11 is 0. The van der Waals surface area contributed by atoms with E-state index in [0.717, 1.165) is 62.4 Å². The van der Waals surface area contributed by atoms with Crippen LogP contribution in [0.5, 0.6) is 11.5 Å². The van der Waals surface area contributed by atoms with Gasteiger partial charge in [0.2, 0.25) is 5.91 Å². The summed E-state index contributed by atoms with van der Waals surface area (Å²) in [5.41, 5.74) is 0.875. The molecule has 30 heavy (non-hydrogen) atoms. The summed E-state index contributed by atoms with van der Waals surface area (Å²) in [6, 6.07) is 6.10. The minimum Gasteiger partial charge on any atom is -0.493 e. The van der Waals surface area contributed by atoms with Crippen LogP contribution in [0.4, 0.5) is 0 Å². The predicted octanol–water partition coefficient (Wildman–Crippen LogP) is 2.25. The molecule has 2 atom stereocenters. The smallest absolute Gasteiger partial charge is 0.236 e. The molecule has 1 aromatic carbocycles. The summed E-state index contributed by atoms with van der Waals surface area (Å²) in [5.74, 6) is 2.19. The van der Waals surface area contributed by atoms with Crippen LogP contribution in [0.1, 0.15) is 37.4 Å². The Morgan fingerprint density at radius 2 is 1.97 bits per heavy atom. The maximum absolute atomic E-state index is 12.7. The Bertz CT molecular complexity index is 771. The monoisotopic (exact) mass is 416 g/mol. The molecule has 1 spiro atoms. The summed E-state index contributed by atoms with van der Waals surface area (Å²) in [4.78, 5) is 16.9. The second-order valence-electron chi connectivity index (χ2n) is 8.85. The Morgan fingerprint density at radius 3 is 2.73 bits per heavy atom. The average Bonchev–Trinajstić information content (AvgIpc) is 2.81. The lowest BCUT2D eigenvalue weighted by atomic mass is 9.70. The standard InChI is InChI=1S/C23H32N2O5/c1-27-19-6-2-4-17-21-18(5-3-13-29-21)23(30-22(17)19)7-9-24(10-8-23)16-20(26)25-11-14-28-15-12-25/h2,4,6,18,21H,3,5,7-16H2,1H3/t18-,21+/m0/s1. The Hall–Kier alpha value is -1.83. The molecule has 0 unspecified atom stereocenters. The van der Waals surface area contributed by atoms with Crippen molar-refractivity contribution in [2.24, 2.45) is 5.92 Å². The van der Waals surface area contributed by atoms with Crippen molar-refractivity contribution >= 4 is 5.91 Å². The van der Waals surface area contributed by atoms with Gasteiger partial charge in [0.1, 0.15) is 5.60 Å². The van der Waals surface area contributed by atoms with E-state index in [0.29, 0.717) is 38.8 Å². The number of hydrogen-bond donors (Lipinski definition) is 0. The number of piperidine rings is 1. The minimum atomic E-state index is -0.245. The normalized spacial score (nSPS) is 28.4. The van der Waals surface area contributed by atoms with Crippen LogP contribution in [-0.4, -0.2) is 81.0 Å². The van der Waals surface area contributed by atoms with Gasteiger partial charge in [0.05, 0.1) is 33.0 Å². The molecule has 7 nitrogen and oxygen atoms in total. The molecule has 0 saturated carbocycles. The average molecular weight is 417 g/mol. The second-order valence-corrected chi connectivity index (χ2v) is 8.85. The number of methoxy groups -OCH3 is 1. The van der Waals surface area contributed by atoms with Gasteiger partial charge in [0, 0.05) is 57.1 Å². The number of para-hydroxylation sites is 1. The van der Waals surface area contributed by atoms with E-state index in [1.165, 1.54) is 0 Å². The van der Waals surface area contributed by atoms with Crippen molar-refractivity contribution in [2.45, 2.75) is 37.4 Å². The zero-order valence-corrected chi connectivity index (χ0v) is 17.8. The lowest BCUT2D eigenvalue weighted by Gasteiger charge is -2.53. The molecule has 164 valence electrons. The van der Waals surface area contributed by atoms with Crippen LogP contribution < -0.4 is 9.47 Å². The number of nitrogens with zero attached hydrogens (tertiary/aromatic N) is 2. The zero-order valence-electron chi connectivity index (χ0n) is 17.8. The van der Waals surface area contributed by atoms with Crippen molar-refractivity contribution in [3.8, 4) is 11.5 Å². The number of ether oxygens (including phenoxy) is 4. The second kappa shape index (κ2) is 8.36. The van der Waals surface area contributed by atoms with Crippen LogP contribution in [0.3, 0.4) is 0 Å². The van der Waals surface area contributed by atoms with E-state index in [1.807, 2.05) is 17.0 Å². The summed E-state index contributed by atoms with van der Waals surface area (Å²) in [6.45, 7) is 5.72. The SMILES string of the molecule is COc1cccc2c1OC1(CCN(CC(=O)N3CCOCC3)CC1)[C@H]1CCCO[C@H]21. The van der Waals surface area contributed by atoms with Gasteiger partial charge in [-0.1, -0.05) is 12.1 Å². The van der Waals surface area contributed by atoms with Crippen LogP contribution in [0.15, 0.2) is 18.2 Å². The predicted molar refractivity (Wildman–Crippen MR) is 111 cm³/mol. The van der Waals surface area contributed by atoms with Crippen molar-refractivity contribution < 1.29 is 23.7 Å². The lowest BCUT2D eigenvalue weighted by molar-refractivity contribution is -0.154. The molecule has 0 aliphatic carbocycles. The zero-order chi connectivity index (χ0) is 20.6. The van der Waals surface area contributed by atoms with Crippen molar-refractivity contribution in [2.75, 3.05) is 59.7 Å². The van der Waals surface area contributed by atoms with Crippen molar-refractivity contribution in [1.82, 2.24) is 9.80 Å².